The highest BCUT2D eigenvalue weighted by Crippen LogP contribution is 2.05. The third-order valence-corrected chi connectivity index (χ3v) is 2.61. The van der Waals surface area contributed by atoms with Crippen LogP contribution < -0.4 is 5.32 Å². The van der Waals surface area contributed by atoms with Gasteiger partial charge in [0.2, 0.25) is 0 Å². The quantitative estimate of drug-likeness (QED) is 0.731. The SMILES string of the molecule is Cc1[nH]ncc1CCCNCc1ccco1. The maximum Gasteiger partial charge on any atom is 0.117 e. The third kappa shape index (κ3) is 2.97. The number of H-pyrrole nitrogens is 1. The first kappa shape index (κ1) is 11.0. The molecule has 0 spiro atoms. The van der Waals surface area contributed by atoms with Crippen LogP contribution in [0.5, 0.6) is 0 Å². The average Bonchev–Trinajstić information content (AvgIpc) is 2.90. The van der Waals surface area contributed by atoms with Crippen LogP contribution in [-0.2, 0) is 13.0 Å². The van der Waals surface area contributed by atoms with E-state index in [1.165, 1.54) is 11.3 Å². The number of furan rings is 1. The summed E-state index contributed by atoms with van der Waals surface area (Å²) in [5.41, 5.74) is 2.48. The minimum Gasteiger partial charge on any atom is -0.468 e. The van der Waals surface area contributed by atoms with Crippen LogP contribution in [-0.4, -0.2) is 16.7 Å². The van der Waals surface area contributed by atoms with E-state index in [1.807, 2.05) is 18.3 Å². The summed E-state index contributed by atoms with van der Waals surface area (Å²) in [6.07, 6.45) is 5.78. The Morgan fingerprint density at radius 3 is 3.12 bits per heavy atom. The summed E-state index contributed by atoms with van der Waals surface area (Å²) >= 11 is 0. The lowest BCUT2D eigenvalue weighted by atomic mass is 10.1. The van der Waals surface area contributed by atoms with E-state index >= 15 is 0 Å². The van der Waals surface area contributed by atoms with Gasteiger partial charge >= 0.3 is 0 Å². The van der Waals surface area contributed by atoms with Crippen LogP contribution in [0.1, 0.15) is 23.4 Å². The molecule has 0 aliphatic carbocycles. The zero-order valence-corrected chi connectivity index (χ0v) is 9.49. The second-order valence-electron chi connectivity index (χ2n) is 3.88. The summed E-state index contributed by atoms with van der Waals surface area (Å²) in [6, 6.07) is 3.89. The van der Waals surface area contributed by atoms with Gasteiger partial charge in [0, 0.05) is 5.69 Å². The fourth-order valence-corrected chi connectivity index (χ4v) is 1.66. The van der Waals surface area contributed by atoms with Crippen molar-refractivity contribution in [3.8, 4) is 0 Å². The molecule has 0 radical (unpaired) electrons. The van der Waals surface area contributed by atoms with Crippen molar-refractivity contribution in [3.63, 3.8) is 0 Å². The van der Waals surface area contributed by atoms with Crippen LogP contribution >= 0.6 is 0 Å². The maximum atomic E-state index is 5.23. The lowest BCUT2D eigenvalue weighted by molar-refractivity contribution is 0.481. The number of aryl methyl sites for hydroxylation is 2. The van der Waals surface area contributed by atoms with Gasteiger partial charge in [0.1, 0.15) is 5.76 Å². The van der Waals surface area contributed by atoms with Gasteiger partial charge in [0.25, 0.3) is 0 Å². The fourth-order valence-electron chi connectivity index (χ4n) is 1.66. The van der Waals surface area contributed by atoms with Gasteiger partial charge in [0.05, 0.1) is 19.0 Å². The van der Waals surface area contributed by atoms with Crippen LogP contribution in [0.2, 0.25) is 0 Å². The van der Waals surface area contributed by atoms with E-state index in [2.05, 4.69) is 22.4 Å². The molecule has 2 N–H and O–H groups in total. The monoisotopic (exact) mass is 219 g/mol. The molecule has 2 aromatic heterocycles. The lowest BCUT2D eigenvalue weighted by Crippen LogP contribution is -2.14. The topological polar surface area (TPSA) is 53.9 Å². The molecule has 16 heavy (non-hydrogen) atoms. The smallest absolute Gasteiger partial charge is 0.117 e. The summed E-state index contributed by atoms with van der Waals surface area (Å²) in [5, 5.41) is 10.3. The van der Waals surface area contributed by atoms with Gasteiger partial charge in [-0.05, 0) is 44.0 Å². The average molecular weight is 219 g/mol. The number of nitrogens with zero attached hydrogens (tertiary/aromatic N) is 1. The summed E-state index contributed by atoms with van der Waals surface area (Å²) < 4.78 is 5.23. The van der Waals surface area contributed by atoms with Crippen molar-refractivity contribution in [1.82, 2.24) is 15.5 Å². The van der Waals surface area contributed by atoms with Crippen LogP contribution in [0.4, 0.5) is 0 Å². The summed E-state index contributed by atoms with van der Waals surface area (Å²) in [4.78, 5) is 0. The summed E-state index contributed by atoms with van der Waals surface area (Å²) in [7, 11) is 0. The van der Waals surface area contributed by atoms with Crippen LogP contribution in [0.15, 0.2) is 29.0 Å². The number of hydrogen-bond acceptors (Lipinski definition) is 3. The van der Waals surface area contributed by atoms with Crippen molar-refractivity contribution in [2.45, 2.75) is 26.3 Å². The van der Waals surface area contributed by atoms with Crippen LogP contribution in [0.25, 0.3) is 0 Å². The molecule has 0 bridgehead atoms. The minimum atomic E-state index is 0.803. The van der Waals surface area contributed by atoms with E-state index in [4.69, 9.17) is 4.42 Å². The van der Waals surface area contributed by atoms with Gasteiger partial charge < -0.3 is 9.73 Å². The predicted molar refractivity (Wildman–Crippen MR) is 62.1 cm³/mol. The van der Waals surface area contributed by atoms with Crippen molar-refractivity contribution in [2.75, 3.05) is 6.54 Å². The maximum absolute atomic E-state index is 5.23. The molecule has 0 atom stereocenters. The predicted octanol–water partition coefficient (Wildman–Crippen LogP) is 2.03. The summed E-state index contributed by atoms with van der Waals surface area (Å²) in [6.45, 7) is 3.85. The van der Waals surface area contributed by atoms with Crippen molar-refractivity contribution < 1.29 is 4.42 Å². The molecule has 0 saturated carbocycles. The molecule has 4 heteroatoms. The number of aromatic amines is 1. The van der Waals surface area contributed by atoms with E-state index in [-0.39, 0.29) is 0 Å². The molecule has 2 aromatic rings. The van der Waals surface area contributed by atoms with Crippen LogP contribution in [0.3, 0.4) is 0 Å². The molecule has 0 aliphatic heterocycles. The van der Waals surface area contributed by atoms with E-state index < -0.39 is 0 Å². The number of hydrogen-bond donors (Lipinski definition) is 2. The number of aromatic nitrogens is 2. The lowest BCUT2D eigenvalue weighted by Gasteiger charge is -2.02. The normalized spacial score (nSPS) is 10.8. The van der Waals surface area contributed by atoms with Gasteiger partial charge in [-0.3, -0.25) is 5.10 Å². The van der Waals surface area contributed by atoms with E-state index in [0.29, 0.717) is 0 Å². The fraction of sp³-hybridized carbons (Fsp3) is 0.417. The molecule has 86 valence electrons. The Hall–Kier alpha value is -1.55. The van der Waals surface area contributed by atoms with Gasteiger partial charge in [-0.1, -0.05) is 0 Å². The van der Waals surface area contributed by atoms with E-state index in [0.717, 1.165) is 31.7 Å². The molecule has 4 nitrogen and oxygen atoms in total. The number of nitrogens with one attached hydrogen (secondary N) is 2. The molecule has 2 rings (SSSR count). The van der Waals surface area contributed by atoms with Gasteiger partial charge in [-0.15, -0.1) is 0 Å². The molecule has 0 fully saturated rings. The van der Waals surface area contributed by atoms with Crippen LogP contribution in [0, 0.1) is 6.92 Å². The van der Waals surface area contributed by atoms with E-state index in [9.17, 15) is 0 Å². The zero-order valence-electron chi connectivity index (χ0n) is 9.49. The molecule has 0 aromatic carbocycles. The Labute approximate surface area is 95.1 Å². The van der Waals surface area contributed by atoms with Gasteiger partial charge in [0.15, 0.2) is 0 Å². The number of rotatable bonds is 6. The van der Waals surface area contributed by atoms with Crippen molar-refractivity contribution in [2.24, 2.45) is 0 Å². The first-order valence-electron chi connectivity index (χ1n) is 5.58. The Balaban J connectivity index is 1.61. The second-order valence-corrected chi connectivity index (χ2v) is 3.88. The Bertz CT molecular complexity index is 406. The van der Waals surface area contributed by atoms with Crippen molar-refractivity contribution in [1.29, 1.82) is 0 Å². The van der Waals surface area contributed by atoms with Gasteiger partial charge in [-0.2, -0.15) is 5.10 Å². The standard InChI is InChI=1S/C12H17N3O/c1-10-11(8-14-15-10)4-2-6-13-9-12-5-3-7-16-12/h3,5,7-8,13H,2,4,6,9H2,1H3,(H,14,15). The summed E-state index contributed by atoms with van der Waals surface area (Å²) in [5.74, 6) is 0.986. The largest absolute Gasteiger partial charge is 0.468 e. The Morgan fingerprint density at radius 2 is 2.44 bits per heavy atom. The molecular weight excluding hydrogens is 202 g/mol. The molecule has 2 heterocycles. The highest BCUT2D eigenvalue weighted by molar-refractivity contribution is 5.14. The van der Waals surface area contributed by atoms with Crippen molar-refractivity contribution in [3.05, 3.63) is 41.6 Å². The van der Waals surface area contributed by atoms with E-state index in [1.54, 1.807) is 6.26 Å². The van der Waals surface area contributed by atoms with Crippen molar-refractivity contribution >= 4 is 0 Å². The molecule has 0 unspecified atom stereocenters. The molecule has 0 saturated heterocycles. The minimum absolute atomic E-state index is 0.803. The molecule has 0 amide bonds. The first-order valence-corrected chi connectivity index (χ1v) is 5.58. The zero-order chi connectivity index (χ0) is 11.2. The Kier molecular flexibility index (Phi) is 3.77. The second kappa shape index (κ2) is 5.51. The molecule has 0 aliphatic rings. The highest BCUT2D eigenvalue weighted by Gasteiger charge is 1.99. The Morgan fingerprint density at radius 1 is 1.50 bits per heavy atom. The highest BCUT2D eigenvalue weighted by atomic mass is 16.3. The third-order valence-electron chi connectivity index (χ3n) is 2.61. The first-order chi connectivity index (χ1) is 7.86. The van der Waals surface area contributed by atoms with Gasteiger partial charge in [-0.25, -0.2) is 0 Å². The molecular formula is C12H17N3O.